The highest BCUT2D eigenvalue weighted by Gasteiger charge is 2.25. The average Bonchev–Trinajstić information content (AvgIpc) is 2.76. The zero-order chi connectivity index (χ0) is 20.8. The number of nitrogens with zero attached hydrogens (tertiary/aromatic N) is 1. The summed E-state index contributed by atoms with van der Waals surface area (Å²) >= 11 is 6.00. The number of hydrogen-bond acceptors (Lipinski definition) is 4. The molecular weight excluding hydrogens is 398 g/mol. The molecule has 0 spiro atoms. The number of benzene rings is 2. The lowest BCUT2D eigenvalue weighted by Crippen LogP contribution is -2.37. The van der Waals surface area contributed by atoms with Crippen LogP contribution in [0, 0.1) is 5.92 Å². The van der Waals surface area contributed by atoms with E-state index in [4.69, 9.17) is 16.3 Å². The van der Waals surface area contributed by atoms with Gasteiger partial charge in [0.05, 0.1) is 0 Å². The molecule has 2 heterocycles. The first-order valence-corrected chi connectivity index (χ1v) is 11.3. The number of hydrogen-bond donors (Lipinski definition) is 2. The second-order valence-corrected chi connectivity index (χ2v) is 8.70. The summed E-state index contributed by atoms with van der Waals surface area (Å²) in [6, 6.07) is 15.8. The van der Waals surface area contributed by atoms with Crippen LogP contribution in [0.1, 0.15) is 31.2 Å². The van der Waals surface area contributed by atoms with Crippen LogP contribution in [0.15, 0.2) is 48.5 Å². The first-order valence-electron chi connectivity index (χ1n) is 10.9. The van der Waals surface area contributed by atoms with Gasteiger partial charge in [0.15, 0.2) is 0 Å². The van der Waals surface area contributed by atoms with Gasteiger partial charge < -0.3 is 15.4 Å². The third-order valence-electron chi connectivity index (χ3n) is 5.97. The van der Waals surface area contributed by atoms with Crippen LogP contribution in [0.4, 0.5) is 5.69 Å². The molecule has 0 atom stereocenters. The first kappa shape index (κ1) is 21.2. The van der Waals surface area contributed by atoms with Gasteiger partial charge in [-0.05, 0) is 87.8 Å². The Labute approximate surface area is 183 Å². The number of anilines is 1. The van der Waals surface area contributed by atoms with E-state index >= 15 is 0 Å². The van der Waals surface area contributed by atoms with Crippen molar-refractivity contribution in [1.82, 2.24) is 10.2 Å². The summed E-state index contributed by atoms with van der Waals surface area (Å²) < 4.78 is 6.09. The minimum atomic E-state index is 0.0565. The summed E-state index contributed by atoms with van der Waals surface area (Å²) in [5, 5.41) is 6.99. The summed E-state index contributed by atoms with van der Waals surface area (Å²) in [6.07, 6.45) is 4.23. The lowest BCUT2D eigenvalue weighted by Gasteiger charge is -2.31. The number of carbonyl (C=O) groups is 1. The van der Waals surface area contributed by atoms with E-state index in [0.717, 1.165) is 69.8 Å². The molecule has 0 radical (unpaired) electrons. The van der Waals surface area contributed by atoms with Gasteiger partial charge in [-0.25, -0.2) is 0 Å². The maximum absolute atomic E-state index is 12.6. The highest BCUT2D eigenvalue weighted by atomic mass is 35.5. The SMILES string of the molecule is O=C(Nc1cccc(Cl)c1)C1CCN(Cc2ccc(OC3CCNCC3)cc2)CC1. The number of carbonyl (C=O) groups excluding carboxylic acids is 1. The fourth-order valence-corrected chi connectivity index (χ4v) is 4.39. The van der Waals surface area contributed by atoms with Crippen molar-refractivity contribution in [2.75, 3.05) is 31.5 Å². The Morgan fingerprint density at radius 3 is 2.50 bits per heavy atom. The molecule has 2 fully saturated rings. The first-order chi connectivity index (χ1) is 14.7. The van der Waals surface area contributed by atoms with Crippen LogP contribution >= 0.6 is 11.6 Å². The third-order valence-corrected chi connectivity index (χ3v) is 6.20. The van der Waals surface area contributed by atoms with Crippen molar-refractivity contribution >= 4 is 23.2 Å². The molecule has 4 rings (SSSR count). The van der Waals surface area contributed by atoms with Gasteiger partial charge in [0.1, 0.15) is 11.9 Å². The van der Waals surface area contributed by atoms with Gasteiger partial charge in [-0.3, -0.25) is 9.69 Å². The second-order valence-electron chi connectivity index (χ2n) is 8.26. The zero-order valence-corrected chi connectivity index (χ0v) is 18.0. The lowest BCUT2D eigenvalue weighted by atomic mass is 9.95. The molecule has 5 nitrogen and oxygen atoms in total. The van der Waals surface area contributed by atoms with Crippen molar-refractivity contribution in [3.63, 3.8) is 0 Å². The van der Waals surface area contributed by atoms with E-state index in [9.17, 15) is 4.79 Å². The molecule has 2 aromatic carbocycles. The molecule has 2 saturated heterocycles. The Hall–Kier alpha value is -2.08. The molecule has 2 aliphatic rings. The Morgan fingerprint density at radius 2 is 1.80 bits per heavy atom. The van der Waals surface area contributed by atoms with Gasteiger partial charge in [0, 0.05) is 23.2 Å². The molecule has 160 valence electrons. The Kier molecular flexibility index (Phi) is 7.26. The topological polar surface area (TPSA) is 53.6 Å². The van der Waals surface area contributed by atoms with Crippen molar-refractivity contribution in [3.05, 3.63) is 59.1 Å². The van der Waals surface area contributed by atoms with Crippen molar-refractivity contribution in [2.45, 2.75) is 38.3 Å². The highest BCUT2D eigenvalue weighted by molar-refractivity contribution is 6.30. The second kappa shape index (κ2) is 10.3. The molecule has 30 heavy (non-hydrogen) atoms. The summed E-state index contributed by atoms with van der Waals surface area (Å²) in [5.41, 5.74) is 2.05. The molecule has 0 bridgehead atoms. The van der Waals surface area contributed by atoms with Gasteiger partial charge in [-0.2, -0.15) is 0 Å². The lowest BCUT2D eigenvalue weighted by molar-refractivity contribution is -0.121. The zero-order valence-electron chi connectivity index (χ0n) is 17.3. The molecule has 0 aliphatic carbocycles. The van der Waals surface area contributed by atoms with Gasteiger partial charge >= 0.3 is 0 Å². The Bertz CT molecular complexity index is 829. The molecule has 1 amide bonds. The van der Waals surface area contributed by atoms with Gasteiger partial charge in [0.25, 0.3) is 0 Å². The van der Waals surface area contributed by atoms with Crippen LogP contribution < -0.4 is 15.4 Å². The number of amides is 1. The Balaban J connectivity index is 1.22. The maximum atomic E-state index is 12.6. The molecular formula is C24H30ClN3O2. The normalized spacial score (nSPS) is 18.8. The average molecular weight is 428 g/mol. The number of halogens is 1. The molecule has 6 heteroatoms. The number of ether oxygens (including phenoxy) is 1. The fraction of sp³-hybridized carbons (Fsp3) is 0.458. The van der Waals surface area contributed by atoms with Crippen LogP contribution in [0.2, 0.25) is 5.02 Å². The van der Waals surface area contributed by atoms with E-state index in [-0.39, 0.29) is 11.8 Å². The van der Waals surface area contributed by atoms with E-state index < -0.39 is 0 Å². The summed E-state index contributed by atoms with van der Waals surface area (Å²) in [4.78, 5) is 15.0. The predicted molar refractivity (Wildman–Crippen MR) is 121 cm³/mol. The number of likely N-dealkylation sites (tertiary alicyclic amines) is 1. The molecule has 0 saturated carbocycles. The summed E-state index contributed by atoms with van der Waals surface area (Å²) in [7, 11) is 0. The van der Waals surface area contributed by atoms with E-state index in [1.807, 2.05) is 18.2 Å². The van der Waals surface area contributed by atoms with Crippen molar-refractivity contribution in [3.8, 4) is 5.75 Å². The highest BCUT2D eigenvalue weighted by Crippen LogP contribution is 2.23. The smallest absolute Gasteiger partial charge is 0.227 e. The molecule has 0 unspecified atom stereocenters. The van der Waals surface area contributed by atoms with E-state index in [1.165, 1.54) is 5.56 Å². The van der Waals surface area contributed by atoms with Gasteiger partial charge in [-0.15, -0.1) is 0 Å². The quantitative estimate of drug-likeness (QED) is 0.720. The van der Waals surface area contributed by atoms with Gasteiger partial charge in [-0.1, -0.05) is 29.8 Å². The van der Waals surface area contributed by atoms with Crippen LogP contribution in [0.3, 0.4) is 0 Å². The van der Waals surface area contributed by atoms with Crippen LogP contribution in [0.25, 0.3) is 0 Å². The number of piperidine rings is 2. The van der Waals surface area contributed by atoms with E-state index in [2.05, 4.69) is 39.8 Å². The molecule has 2 aliphatic heterocycles. The van der Waals surface area contributed by atoms with Crippen LogP contribution in [-0.4, -0.2) is 43.1 Å². The van der Waals surface area contributed by atoms with E-state index in [0.29, 0.717) is 11.1 Å². The number of rotatable bonds is 6. The fourth-order valence-electron chi connectivity index (χ4n) is 4.20. The number of nitrogens with one attached hydrogen (secondary N) is 2. The molecule has 2 aromatic rings. The monoisotopic (exact) mass is 427 g/mol. The summed E-state index contributed by atoms with van der Waals surface area (Å²) in [5.74, 6) is 1.11. The molecule has 2 N–H and O–H groups in total. The van der Waals surface area contributed by atoms with E-state index in [1.54, 1.807) is 6.07 Å². The minimum absolute atomic E-state index is 0.0565. The molecule has 0 aromatic heterocycles. The third kappa shape index (κ3) is 5.97. The standard InChI is InChI=1S/C24H30ClN3O2/c25-20-2-1-3-21(16-20)27-24(29)19-10-14-28(15-11-19)17-18-4-6-22(7-5-18)30-23-8-12-26-13-9-23/h1-7,16,19,23,26H,8-15,17H2,(H,27,29). The van der Waals surface area contributed by atoms with Crippen molar-refractivity contribution in [2.24, 2.45) is 5.92 Å². The van der Waals surface area contributed by atoms with Crippen molar-refractivity contribution in [1.29, 1.82) is 0 Å². The van der Waals surface area contributed by atoms with Gasteiger partial charge in [0.2, 0.25) is 5.91 Å². The summed E-state index contributed by atoms with van der Waals surface area (Å²) in [6.45, 7) is 4.85. The predicted octanol–water partition coefficient (Wildman–Crippen LogP) is 4.32. The minimum Gasteiger partial charge on any atom is -0.490 e. The van der Waals surface area contributed by atoms with Crippen LogP contribution in [-0.2, 0) is 11.3 Å². The van der Waals surface area contributed by atoms with Crippen LogP contribution in [0.5, 0.6) is 5.75 Å². The maximum Gasteiger partial charge on any atom is 0.227 e. The largest absolute Gasteiger partial charge is 0.490 e. The van der Waals surface area contributed by atoms with Crippen molar-refractivity contribution < 1.29 is 9.53 Å². The Morgan fingerprint density at radius 1 is 1.07 bits per heavy atom.